The minimum atomic E-state index is -0.719. The Hall–Kier alpha value is -1.31. The summed E-state index contributed by atoms with van der Waals surface area (Å²) in [7, 11) is 0. The largest absolute Gasteiger partial charge is 0.481 e. The maximum absolute atomic E-state index is 11.3. The fourth-order valence-electron chi connectivity index (χ4n) is 2.88. The van der Waals surface area contributed by atoms with Gasteiger partial charge in [-0.1, -0.05) is 37.1 Å². The van der Waals surface area contributed by atoms with Crippen LogP contribution >= 0.6 is 0 Å². The maximum Gasteiger partial charge on any atom is 0.309 e. The average molecular weight is 246 g/mol. The van der Waals surface area contributed by atoms with Crippen molar-refractivity contribution in [2.45, 2.75) is 51.9 Å². The van der Waals surface area contributed by atoms with Crippen LogP contribution in [0.4, 0.5) is 0 Å². The van der Waals surface area contributed by atoms with Crippen LogP contribution in [0.15, 0.2) is 24.3 Å². The van der Waals surface area contributed by atoms with E-state index in [0.29, 0.717) is 12.3 Å². The zero-order valence-electron chi connectivity index (χ0n) is 11.3. The second-order valence-electron chi connectivity index (χ2n) is 6.05. The number of benzene rings is 1. The Labute approximate surface area is 109 Å². The molecule has 18 heavy (non-hydrogen) atoms. The van der Waals surface area contributed by atoms with Gasteiger partial charge in [-0.15, -0.1) is 0 Å². The zero-order valence-corrected chi connectivity index (χ0v) is 11.3. The van der Waals surface area contributed by atoms with E-state index < -0.39 is 11.4 Å². The van der Waals surface area contributed by atoms with Crippen molar-refractivity contribution in [2.24, 2.45) is 5.41 Å². The molecule has 0 amide bonds. The van der Waals surface area contributed by atoms with E-state index in [9.17, 15) is 9.90 Å². The van der Waals surface area contributed by atoms with Gasteiger partial charge in [0.25, 0.3) is 0 Å². The summed E-state index contributed by atoms with van der Waals surface area (Å²) in [5, 5.41) is 9.26. The number of aliphatic carboxylic acids is 1. The number of rotatable bonds is 4. The summed E-state index contributed by atoms with van der Waals surface area (Å²) in [6.45, 7) is 3.61. The number of carbonyl (C=O) groups is 1. The fourth-order valence-corrected chi connectivity index (χ4v) is 2.88. The topological polar surface area (TPSA) is 37.3 Å². The summed E-state index contributed by atoms with van der Waals surface area (Å²) < 4.78 is 0. The van der Waals surface area contributed by atoms with Crippen molar-refractivity contribution in [1.82, 2.24) is 0 Å². The van der Waals surface area contributed by atoms with Crippen molar-refractivity contribution in [2.75, 3.05) is 0 Å². The van der Waals surface area contributed by atoms with Gasteiger partial charge in [-0.05, 0) is 50.2 Å². The van der Waals surface area contributed by atoms with Crippen LogP contribution in [0.25, 0.3) is 0 Å². The molecule has 0 heterocycles. The highest BCUT2D eigenvalue weighted by molar-refractivity contribution is 5.74. The van der Waals surface area contributed by atoms with Crippen LogP contribution < -0.4 is 0 Å². The highest BCUT2D eigenvalue weighted by atomic mass is 16.4. The standard InChI is InChI=1S/C16H22O2/c1-16(2,15(17)18)11-13-9-5-6-10-14(13)12-7-3-4-8-12/h5-6,9-10,12H,3-4,7-8,11H2,1-2H3,(H,17,18). The third kappa shape index (κ3) is 2.74. The van der Waals surface area contributed by atoms with E-state index in [-0.39, 0.29) is 0 Å². The van der Waals surface area contributed by atoms with Gasteiger partial charge in [0.1, 0.15) is 0 Å². The molecule has 1 aliphatic rings. The quantitative estimate of drug-likeness (QED) is 0.872. The molecule has 0 aliphatic heterocycles. The third-order valence-electron chi connectivity index (χ3n) is 4.06. The highest BCUT2D eigenvalue weighted by Gasteiger charge is 2.29. The fraction of sp³-hybridized carbons (Fsp3) is 0.562. The van der Waals surface area contributed by atoms with Gasteiger partial charge >= 0.3 is 5.97 Å². The molecule has 1 fully saturated rings. The molecule has 1 aliphatic carbocycles. The van der Waals surface area contributed by atoms with Crippen LogP contribution in [0.3, 0.4) is 0 Å². The van der Waals surface area contributed by atoms with E-state index in [1.165, 1.54) is 36.8 Å². The van der Waals surface area contributed by atoms with Crippen molar-refractivity contribution >= 4 is 5.97 Å². The highest BCUT2D eigenvalue weighted by Crippen LogP contribution is 2.37. The molecule has 0 bridgehead atoms. The van der Waals surface area contributed by atoms with Gasteiger partial charge in [0, 0.05) is 0 Å². The van der Waals surface area contributed by atoms with Crippen LogP contribution in [-0.2, 0) is 11.2 Å². The van der Waals surface area contributed by atoms with Crippen molar-refractivity contribution < 1.29 is 9.90 Å². The Balaban J connectivity index is 2.25. The van der Waals surface area contributed by atoms with Gasteiger partial charge in [0.05, 0.1) is 5.41 Å². The molecule has 98 valence electrons. The van der Waals surface area contributed by atoms with E-state index in [2.05, 4.69) is 18.2 Å². The van der Waals surface area contributed by atoms with Crippen molar-refractivity contribution in [3.63, 3.8) is 0 Å². The van der Waals surface area contributed by atoms with Gasteiger partial charge in [-0.25, -0.2) is 0 Å². The zero-order chi connectivity index (χ0) is 13.2. The number of hydrogen-bond donors (Lipinski definition) is 1. The lowest BCUT2D eigenvalue weighted by atomic mass is 9.81. The molecule has 1 N–H and O–H groups in total. The van der Waals surface area contributed by atoms with E-state index in [1.54, 1.807) is 13.8 Å². The van der Waals surface area contributed by atoms with Crippen LogP contribution in [0.5, 0.6) is 0 Å². The molecule has 1 aromatic carbocycles. The summed E-state index contributed by atoms with van der Waals surface area (Å²) in [6, 6.07) is 8.37. The number of hydrogen-bond acceptors (Lipinski definition) is 1. The molecule has 0 saturated heterocycles. The summed E-state index contributed by atoms with van der Waals surface area (Å²) in [5.41, 5.74) is 1.91. The molecule has 1 saturated carbocycles. The van der Waals surface area contributed by atoms with E-state index in [4.69, 9.17) is 0 Å². The van der Waals surface area contributed by atoms with Gasteiger partial charge in [0.15, 0.2) is 0 Å². The second-order valence-corrected chi connectivity index (χ2v) is 6.05. The monoisotopic (exact) mass is 246 g/mol. The molecule has 2 heteroatoms. The van der Waals surface area contributed by atoms with Crippen LogP contribution in [0, 0.1) is 5.41 Å². The predicted molar refractivity (Wildman–Crippen MR) is 72.8 cm³/mol. The number of carboxylic acid groups (broad SMARTS) is 1. The molecular weight excluding hydrogens is 224 g/mol. The molecule has 0 spiro atoms. The van der Waals surface area contributed by atoms with Gasteiger partial charge in [0.2, 0.25) is 0 Å². The SMILES string of the molecule is CC(C)(Cc1ccccc1C1CCCC1)C(=O)O. The maximum atomic E-state index is 11.3. The van der Waals surface area contributed by atoms with Crippen molar-refractivity contribution in [3.8, 4) is 0 Å². The smallest absolute Gasteiger partial charge is 0.309 e. The molecule has 0 atom stereocenters. The summed E-state index contributed by atoms with van der Waals surface area (Å²) in [5.74, 6) is -0.0745. The Kier molecular flexibility index (Phi) is 3.74. The minimum absolute atomic E-state index is 0.620. The number of carboxylic acids is 1. The molecule has 0 radical (unpaired) electrons. The first-order chi connectivity index (χ1) is 8.50. The first-order valence-corrected chi connectivity index (χ1v) is 6.82. The molecule has 1 aromatic rings. The lowest BCUT2D eigenvalue weighted by Crippen LogP contribution is -2.26. The predicted octanol–water partition coefficient (Wildman–Crippen LogP) is 4.00. The van der Waals surface area contributed by atoms with E-state index in [1.807, 2.05) is 6.07 Å². The van der Waals surface area contributed by atoms with Crippen LogP contribution in [0.1, 0.15) is 56.6 Å². The van der Waals surface area contributed by atoms with Crippen molar-refractivity contribution in [3.05, 3.63) is 35.4 Å². The molecular formula is C16H22O2. The van der Waals surface area contributed by atoms with Gasteiger partial charge in [-0.2, -0.15) is 0 Å². The average Bonchev–Trinajstić information content (AvgIpc) is 2.82. The summed E-state index contributed by atoms with van der Waals surface area (Å²) in [6.07, 6.45) is 5.74. The first-order valence-electron chi connectivity index (χ1n) is 6.82. The van der Waals surface area contributed by atoms with E-state index in [0.717, 1.165) is 0 Å². The Morgan fingerprint density at radius 2 is 1.89 bits per heavy atom. The van der Waals surface area contributed by atoms with Crippen molar-refractivity contribution in [1.29, 1.82) is 0 Å². The first kappa shape index (κ1) is 13.1. The molecule has 0 unspecified atom stereocenters. The van der Waals surface area contributed by atoms with Gasteiger partial charge < -0.3 is 5.11 Å². The van der Waals surface area contributed by atoms with Gasteiger partial charge in [-0.3, -0.25) is 4.79 Å². The lowest BCUT2D eigenvalue weighted by molar-refractivity contribution is -0.146. The molecule has 2 rings (SSSR count). The lowest BCUT2D eigenvalue weighted by Gasteiger charge is -2.23. The summed E-state index contributed by atoms with van der Waals surface area (Å²) in [4.78, 5) is 11.3. The Morgan fingerprint density at radius 3 is 2.50 bits per heavy atom. The molecule has 2 nitrogen and oxygen atoms in total. The van der Waals surface area contributed by atoms with E-state index >= 15 is 0 Å². The molecule has 0 aromatic heterocycles. The normalized spacial score (nSPS) is 17.0. The Bertz CT molecular complexity index is 428. The van der Waals surface area contributed by atoms with Crippen LogP contribution in [0.2, 0.25) is 0 Å². The van der Waals surface area contributed by atoms with Crippen LogP contribution in [-0.4, -0.2) is 11.1 Å². The second kappa shape index (κ2) is 5.13. The minimum Gasteiger partial charge on any atom is -0.481 e. The Morgan fingerprint density at radius 1 is 1.28 bits per heavy atom. The summed E-state index contributed by atoms with van der Waals surface area (Å²) >= 11 is 0. The third-order valence-corrected chi connectivity index (χ3v) is 4.06.